The number of furan rings is 1. The first-order valence-corrected chi connectivity index (χ1v) is 10.4. The molecule has 0 aliphatic carbocycles. The largest absolute Gasteiger partial charge is 0.461 e. The summed E-state index contributed by atoms with van der Waals surface area (Å²) in [7, 11) is 0. The van der Waals surface area contributed by atoms with E-state index in [4.69, 9.17) is 16.0 Å². The summed E-state index contributed by atoms with van der Waals surface area (Å²) in [5, 5.41) is 3.49. The molecule has 6 heteroatoms. The molecular formula is C24H25ClN2O3. The molecule has 1 heterocycles. The predicted octanol–water partition coefficient (Wildman–Crippen LogP) is 4.70. The summed E-state index contributed by atoms with van der Waals surface area (Å²) in [4.78, 5) is 26.4. The molecule has 0 radical (unpaired) electrons. The molecule has 0 fully saturated rings. The molecule has 0 saturated heterocycles. The van der Waals surface area contributed by atoms with Gasteiger partial charge >= 0.3 is 0 Å². The first-order chi connectivity index (χ1) is 14.5. The van der Waals surface area contributed by atoms with Crippen LogP contribution in [0.3, 0.4) is 0 Å². The van der Waals surface area contributed by atoms with Gasteiger partial charge in [-0.25, -0.2) is 0 Å². The lowest BCUT2D eigenvalue weighted by molar-refractivity contribution is -0.135. The Morgan fingerprint density at radius 1 is 1.00 bits per heavy atom. The second kappa shape index (κ2) is 10.6. The minimum Gasteiger partial charge on any atom is -0.461 e. The number of nitrogens with one attached hydrogen (secondary N) is 1. The minimum atomic E-state index is -0.190. The number of carbonyl (C=O) groups excluding carboxylic acids is 2. The van der Waals surface area contributed by atoms with Crippen molar-refractivity contribution in [3.05, 3.63) is 83.1 Å². The molecule has 2 amide bonds. The first kappa shape index (κ1) is 21.7. The van der Waals surface area contributed by atoms with E-state index < -0.39 is 0 Å². The van der Waals surface area contributed by atoms with E-state index in [-0.39, 0.29) is 18.4 Å². The van der Waals surface area contributed by atoms with Crippen molar-refractivity contribution in [2.75, 3.05) is 13.1 Å². The topological polar surface area (TPSA) is 62.6 Å². The number of carbonyl (C=O) groups is 2. The molecule has 0 bridgehead atoms. The smallest absolute Gasteiger partial charge is 0.239 e. The van der Waals surface area contributed by atoms with Crippen LogP contribution in [0.4, 0.5) is 0 Å². The molecule has 0 spiro atoms. The fraction of sp³-hybridized carbons (Fsp3) is 0.250. The number of likely N-dealkylation sites (N-methyl/N-ethyl adjacent to an activating group) is 1. The van der Waals surface area contributed by atoms with Crippen LogP contribution >= 0.6 is 11.6 Å². The Morgan fingerprint density at radius 2 is 1.73 bits per heavy atom. The summed E-state index contributed by atoms with van der Waals surface area (Å²) < 4.78 is 5.85. The van der Waals surface area contributed by atoms with Crippen LogP contribution in [-0.2, 0) is 22.6 Å². The number of aryl methyl sites for hydroxylation is 1. The van der Waals surface area contributed by atoms with E-state index in [0.29, 0.717) is 31.0 Å². The van der Waals surface area contributed by atoms with Gasteiger partial charge in [-0.2, -0.15) is 0 Å². The van der Waals surface area contributed by atoms with Crippen LogP contribution in [0.1, 0.15) is 24.7 Å². The van der Waals surface area contributed by atoms with Gasteiger partial charge in [0.1, 0.15) is 11.5 Å². The van der Waals surface area contributed by atoms with Crippen molar-refractivity contribution in [2.45, 2.75) is 26.3 Å². The zero-order valence-electron chi connectivity index (χ0n) is 16.9. The number of benzene rings is 2. The van der Waals surface area contributed by atoms with E-state index >= 15 is 0 Å². The molecule has 156 valence electrons. The standard InChI is InChI=1S/C24H25ClN2O3/c1-2-27(17-23(28)26-16-18-8-10-20(25)11-9-18)24(29)15-13-21-12-14-22(30-21)19-6-4-3-5-7-19/h3-12,14H,2,13,15-17H2,1H3,(H,26,28). The van der Waals surface area contributed by atoms with Gasteiger partial charge in [0, 0.05) is 36.5 Å². The number of halogens is 1. The van der Waals surface area contributed by atoms with Crippen LogP contribution in [0.25, 0.3) is 11.3 Å². The van der Waals surface area contributed by atoms with Gasteiger partial charge in [-0.1, -0.05) is 54.1 Å². The fourth-order valence-electron chi connectivity index (χ4n) is 3.07. The van der Waals surface area contributed by atoms with Crippen molar-refractivity contribution in [2.24, 2.45) is 0 Å². The van der Waals surface area contributed by atoms with E-state index in [1.807, 2.05) is 61.5 Å². The van der Waals surface area contributed by atoms with Gasteiger partial charge in [-0.15, -0.1) is 0 Å². The van der Waals surface area contributed by atoms with Crippen LogP contribution in [-0.4, -0.2) is 29.8 Å². The molecule has 1 aromatic heterocycles. The van der Waals surface area contributed by atoms with E-state index in [1.165, 1.54) is 0 Å². The summed E-state index contributed by atoms with van der Waals surface area (Å²) >= 11 is 5.87. The highest BCUT2D eigenvalue weighted by molar-refractivity contribution is 6.30. The van der Waals surface area contributed by atoms with Crippen molar-refractivity contribution in [1.29, 1.82) is 0 Å². The summed E-state index contributed by atoms with van der Waals surface area (Å²) in [5.41, 5.74) is 1.96. The lowest BCUT2D eigenvalue weighted by Gasteiger charge is -2.20. The van der Waals surface area contributed by atoms with E-state index in [9.17, 15) is 9.59 Å². The molecule has 0 atom stereocenters. The van der Waals surface area contributed by atoms with Crippen LogP contribution < -0.4 is 5.32 Å². The Labute approximate surface area is 181 Å². The highest BCUT2D eigenvalue weighted by atomic mass is 35.5. The molecule has 0 aliphatic heterocycles. The normalized spacial score (nSPS) is 10.6. The number of rotatable bonds is 9. The number of hydrogen-bond acceptors (Lipinski definition) is 3. The maximum absolute atomic E-state index is 12.6. The van der Waals surface area contributed by atoms with E-state index in [0.717, 1.165) is 22.6 Å². The molecule has 0 aliphatic rings. The first-order valence-electron chi connectivity index (χ1n) is 9.98. The molecule has 0 unspecified atom stereocenters. The molecule has 3 rings (SSSR count). The third kappa shape index (κ3) is 6.22. The lowest BCUT2D eigenvalue weighted by atomic mass is 10.2. The molecule has 2 aromatic carbocycles. The summed E-state index contributed by atoms with van der Waals surface area (Å²) in [6, 6.07) is 20.9. The summed E-state index contributed by atoms with van der Waals surface area (Å²) in [6.07, 6.45) is 0.786. The second-order valence-corrected chi connectivity index (χ2v) is 7.38. The number of hydrogen-bond donors (Lipinski definition) is 1. The molecule has 30 heavy (non-hydrogen) atoms. The van der Waals surface area contributed by atoms with Gasteiger partial charge in [-0.05, 0) is 36.8 Å². The Hall–Kier alpha value is -3.05. The van der Waals surface area contributed by atoms with Gasteiger partial charge in [0.2, 0.25) is 11.8 Å². The molecule has 0 saturated carbocycles. The van der Waals surface area contributed by atoms with Crippen molar-refractivity contribution >= 4 is 23.4 Å². The Bertz CT molecular complexity index is 968. The highest BCUT2D eigenvalue weighted by Gasteiger charge is 2.16. The lowest BCUT2D eigenvalue weighted by Crippen LogP contribution is -2.40. The van der Waals surface area contributed by atoms with E-state index in [1.54, 1.807) is 17.0 Å². The minimum absolute atomic E-state index is 0.0380. The zero-order valence-corrected chi connectivity index (χ0v) is 17.7. The maximum Gasteiger partial charge on any atom is 0.239 e. The molecule has 3 aromatic rings. The van der Waals surface area contributed by atoms with E-state index in [2.05, 4.69) is 5.32 Å². The quantitative estimate of drug-likeness (QED) is 0.541. The van der Waals surface area contributed by atoms with Gasteiger partial charge in [0.25, 0.3) is 0 Å². The average Bonchev–Trinajstić information content (AvgIpc) is 3.25. The van der Waals surface area contributed by atoms with Crippen LogP contribution in [0.15, 0.2) is 71.1 Å². The van der Waals surface area contributed by atoms with Crippen LogP contribution in [0.5, 0.6) is 0 Å². The molecule has 1 N–H and O–H groups in total. The fourth-order valence-corrected chi connectivity index (χ4v) is 3.19. The van der Waals surface area contributed by atoms with Crippen molar-refractivity contribution in [1.82, 2.24) is 10.2 Å². The number of amides is 2. The average molecular weight is 425 g/mol. The third-order valence-electron chi connectivity index (χ3n) is 4.78. The summed E-state index contributed by atoms with van der Waals surface area (Å²) in [5.74, 6) is 1.28. The SMILES string of the molecule is CCN(CC(=O)NCc1ccc(Cl)cc1)C(=O)CCc1ccc(-c2ccccc2)o1. The van der Waals surface area contributed by atoms with Gasteiger partial charge in [0.05, 0.1) is 6.54 Å². The number of nitrogens with zero attached hydrogens (tertiary/aromatic N) is 1. The summed E-state index contributed by atoms with van der Waals surface area (Å²) in [6.45, 7) is 2.78. The highest BCUT2D eigenvalue weighted by Crippen LogP contribution is 2.22. The van der Waals surface area contributed by atoms with Crippen LogP contribution in [0, 0.1) is 0 Å². The predicted molar refractivity (Wildman–Crippen MR) is 118 cm³/mol. The maximum atomic E-state index is 12.6. The third-order valence-corrected chi connectivity index (χ3v) is 5.03. The van der Waals surface area contributed by atoms with Crippen molar-refractivity contribution in [3.8, 4) is 11.3 Å². The molecular weight excluding hydrogens is 400 g/mol. The van der Waals surface area contributed by atoms with Crippen molar-refractivity contribution < 1.29 is 14.0 Å². The molecule has 5 nitrogen and oxygen atoms in total. The van der Waals surface area contributed by atoms with Gasteiger partial charge < -0.3 is 14.6 Å². The monoisotopic (exact) mass is 424 g/mol. The van der Waals surface area contributed by atoms with Crippen molar-refractivity contribution in [3.63, 3.8) is 0 Å². The van der Waals surface area contributed by atoms with Crippen LogP contribution in [0.2, 0.25) is 5.02 Å². The van der Waals surface area contributed by atoms with Gasteiger partial charge in [0.15, 0.2) is 0 Å². The Morgan fingerprint density at radius 3 is 2.43 bits per heavy atom. The second-order valence-electron chi connectivity index (χ2n) is 6.94. The van der Waals surface area contributed by atoms with Gasteiger partial charge in [-0.3, -0.25) is 9.59 Å². The Kier molecular flexibility index (Phi) is 7.69. The Balaban J connectivity index is 1.46. The zero-order chi connectivity index (χ0) is 21.3.